The maximum Gasteiger partial charge on any atom is 0.337 e. The first-order valence-corrected chi connectivity index (χ1v) is 4.81. The number of anilines is 2. The molecule has 0 bridgehead atoms. The van der Waals surface area contributed by atoms with Gasteiger partial charge in [0.1, 0.15) is 11.4 Å². The highest BCUT2D eigenvalue weighted by molar-refractivity contribution is 5.94. The van der Waals surface area contributed by atoms with E-state index in [-0.39, 0.29) is 17.1 Å². The number of hydrogen-bond donors (Lipinski definition) is 4. The Kier molecular flexibility index (Phi) is 3.21. The molecule has 7 nitrogen and oxygen atoms in total. The summed E-state index contributed by atoms with van der Waals surface area (Å²) in [6.07, 6.45) is 1.21. The number of carbonyl (C=O) groups is 2. The Morgan fingerprint density at radius 1 is 1.47 bits per heavy atom. The van der Waals surface area contributed by atoms with Crippen LogP contribution in [0.4, 0.5) is 11.5 Å². The van der Waals surface area contributed by atoms with Crippen LogP contribution in [0.2, 0.25) is 0 Å². The summed E-state index contributed by atoms with van der Waals surface area (Å²) in [5, 5.41) is 11.6. The number of nitrogens with zero attached hydrogens (tertiary/aromatic N) is 1. The van der Waals surface area contributed by atoms with E-state index in [1.165, 1.54) is 12.3 Å². The van der Waals surface area contributed by atoms with Crippen LogP contribution in [-0.2, 0) is 4.79 Å². The molecule has 0 aromatic carbocycles. The van der Waals surface area contributed by atoms with Gasteiger partial charge >= 0.3 is 5.97 Å². The largest absolute Gasteiger partial charge is 0.478 e. The highest BCUT2D eigenvalue weighted by Gasteiger charge is 2.25. The van der Waals surface area contributed by atoms with E-state index < -0.39 is 17.4 Å². The van der Waals surface area contributed by atoms with Crippen molar-refractivity contribution < 1.29 is 14.7 Å². The Morgan fingerprint density at radius 2 is 2.06 bits per heavy atom. The third kappa shape index (κ3) is 2.83. The SMILES string of the molecule is CC(C)(Nc1cc(C(=O)O)c(N)cn1)C(N)=O. The zero-order chi connectivity index (χ0) is 13.2. The quantitative estimate of drug-likeness (QED) is 0.585. The van der Waals surface area contributed by atoms with Crippen LogP contribution in [0.1, 0.15) is 24.2 Å². The number of aromatic carboxylic acids is 1. The van der Waals surface area contributed by atoms with Gasteiger partial charge in [-0.1, -0.05) is 0 Å². The van der Waals surface area contributed by atoms with Gasteiger partial charge in [0.15, 0.2) is 0 Å². The maximum atomic E-state index is 11.1. The lowest BCUT2D eigenvalue weighted by Crippen LogP contribution is -2.45. The van der Waals surface area contributed by atoms with E-state index in [4.69, 9.17) is 16.6 Å². The van der Waals surface area contributed by atoms with Crippen molar-refractivity contribution in [3.63, 3.8) is 0 Å². The zero-order valence-electron chi connectivity index (χ0n) is 9.52. The van der Waals surface area contributed by atoms with Crippen molar-refractivity contribution in [3.8, 4) is 0 Å². The molecular weight excluding hydrogens is 224 g/mol. The van der Waals surface area contributed by atoms with Gasteiger partial charge in [-0.05, 0) is 19.9 Å². The molecule has 0 atom stereocenters. The number of carbonyl (C=O) groups excluding carboxylic acids is 1. The summed E-state index contributed by atoms with van der Waals surface area (Å²) in [7, 11) is 0. The van der Waals surface area contributed by atoms with Crippen molar-refractivity contribution in [1.29, 1.82) is 0 Å². The predicted octanol–water partition coefficient (Wildman–Crippen LogP) is 0.0378. The molecule has 1 heterocycles. The lowest BCUT2D eigenvalue weighted by molar-refractivity contribution is -0.121. The number of nitrogens with two attached hydrogens (primary N) is 2. The summed E-state index contributed by atoms with van der Waals surface area (Å²) in [6.45, 7) is 3.13. The van der Waals surface area contributed by atoms with E-state index in [0.717, 1.165) is 0 Å². The first-order valence-electron chi connectivity index (χ1n) is 4.81. The van der Waals surface area contributed by atoms with Crippen molar-refractivity contribution in [2.45, 2.75) is 19.4 Å². The summed E-state index contributed by atoms with van der Waals surface area (Å²) in [5.74, 6) is -1.52. The van der Waals surface area contributed by atoms with Crippen LogP contribution in [-0.4, -0.2) is 27.5 Å². The normalized spacial score (nSPS) is 10.9. The minimum Gasteiger partial charge on any atom is -0.478 e. The lowest BCUT2D eigenvalue weighted by Gasteiger charge is -2.23. The molecule has 0 saturated heterocycles. The average Bonchev–Trinajstić information content (AvgIpc) is 2.20. The Labute approximate surface area is 97.8 Å². The fourth-order valence-corrected chi connectivity index (χ4v) is 1.10. The molecule has 92 valence electrons. The summed E-state index contributed by atoms with van der Waals surface area (Å²) in [6, 6.07) is 1.25. The molecule has 6 N–H and O–H groups in total. The molecule has 0 aliphatic carbocycles. The maximum absolute atomic E-state index is 11.1. The van der Waals surface area contributed by atoms with Crippen molar-refractivity contribution in [2.75, 3.05) is 11.1 Å². The predicted molar refractivity (Wildman–Crippen MR) is 62.5 cm³/mol. The van der Waals surface area contributed by atoms with Crippen LogP contribution in [0, 0.1) is 0 Å². The smallest absolute Gasteiger partial charge is 0.337 e. The fourth-order valence-electron chi connectivity index (χ4n) is 1.10. The fraction of sp³-hybridized carbons (Fsp3) is 0.300. The molecule has 0 fully saturated rings. The average molecular weight is 238 g/mol. The Bertz CT molecular complexity index is 471. The Balaban J connectivity index is 3.05. The van der Waals surface area contributed by atoms with Gasteiger partial charge in [0.25, 0.3) is 0 Å². The molecule has 1 aromatic rings. The van der Waals surface area contributed by atoms with Crippen LogP contribution >= 0.6 is 0 Å². The summed E-state index contributed by atoms with van der Waals surface area (Å²) < 4.78 is 0. The van der Waals surface area contributed by atoms with Gasteiger partial charge in [0.2, 0.25) is 5.91 Å². The van der Waals surface area contributed by atoms with Crippen molar-refractivity contribution in [1.82, 2.24) is 4.98 Å². The first kappa shape index (κ1) is 12.8. The van der Waals surface area contributed by atoms with Gasteiger partial charge < -0.3 is 21.9 Å². The van der Waals surface area contributed by atoms with Crippen molar-refractivity contribution in [2.24, 2.45) is 5.73 Å². The molecule has 1 amide bonds. The van der Waals surface area contributed by atoms with E-state index in [2.05, 4.69) is 10.3 Å². The van der Waals surface area contributed by atoms with Crippen LogP contribution in [0.3, 0.4) is 0 Å². The minimum atomic E-state index is -1.16. The highest BCUT2D eigenvalue weighted by Crippen LogP contribution is 2.18. The second kappa shape index (κ2) is 4.28. The van der Waals surface area contributed by atoms with Gasteiger partial charge in [0, 0.05) is 0 Å². The molecule has 0 aliphatic heterocycles. The summed E-state index contributed by atoms with van der Waals surface area (Å²) in [4.78, 5) is 25.8. The number of carboxylic acid groups (broad SMARTS) is 1. The Hall–Kier alpha value is -2.31. The molecule has 1 aromatic heterocycles. The zero-order valence-corrected chi connectivity index (χ0v) is 9.52. The molecule has 0 aliphatic rings. The van der Waals surface area contributed by atoms with Crippen LogP contribution in [0.15, 0.2) is 12.3 Å². The van der Waals surface area contributed by atoms with Gasteiger partial charge in [0.05, 0.1) is 17.4 Å². The topological polar surface area (TPSA) is 131 Å². The second-order valence-electron chi connectivity index (χ2n) is 4.08. The van der Waals surface area contributed by atoms with Gasteiger partial charge in [-0.2, -0.15) is 0 Å². The third-order valence-corrected chi connectivity index (χ3v) is 2.22. The first-order chi connectivity index (χ1) is 7.74. The van der Waals surface area contributed by atoms with E-state index in [1.807, 2.05) is 0 Å². The third-order valence-electron chi connectivity index (χ3n) is 2.22. The van der Waals surface area contributed by atoms with E-state index in [0.29, 0.717) is 0 Å². The number of pyridine rings is 1. The summed E-state index contributed by atoms with van der Waals surface area (Å²) in [5.41, 5.74) is 9.57. The molecular formula is C10H14N4O3. The van der Waals surface area contributed by atoms with Crippen molar-refractivity contribution >= 4 is 23.4 Å². The Morgan fingerprint density at radius 3 is 2.53 bits per heavy atom. The van der Waals surface area contributed by atoms with Crippen LogP contribution in [0.5, 0.6) is 0 Å². The minimum absolute atomic E-state index is 0.0555. The number of rotatable bonds is 4. The van der Waals surface area contributed by atoms with Crippen molar-refractivity contribution in [3.05, 3.63) is 17.8 Å². The lowest BCUT2D eigenvalue weighted by atomic mass is 10.1. The van der Waals surface area contributed by atoms with E-state index in [9.17, 15) is 9.59 Å². The number of nitrogen functional groups attached to an aromatic ring is 1. The molecule has 0 saturated carbocycles. The number of primary amides is 1. The number of carboxylic acids is 1. The molecule has 0 spiro atoms. The monoisotopic (exact) mass is 238 g/mol. The van der Waals surface area contributed by atoms with Crippen LogP contribution in [0.25, 0.3) is 0 Å². The number of nitrogens with one attached hydrogen (secondary N) is 1. The van der Waals surface area contributed by atoms with Gasteiger partial charge in [-0.15, -0.1) is 0 Å². The molecule has 0 unspecified atom stereocenters. The van der Waals surface area contributed by atoms with E-state index in [1.54, 1.807) is 13.8 Å². The van der Waals surface area contributed by atoms with Crippen LogP contribution < -0.4 is 16.8 Å². The molecule has 7 heteroatoms. The molecule has 1 rings (SSSR count). The summed E-state index contributed by atoms with van der Waals surface area (Å²) >= 11 is 0. The van der Waals surface area contributed by atoms with E-state index >= 15 is 0 Å². The van der Waals surface area contributed by atoms with Gasteiger partial charge in [-0.3, -0.25) is 4.79 Å². The highest BCUT2D eigenvalue weighted by atomic mass is 16.4. The standard InChI is InChI=1S/C10H14N4O3/c1-10(2,9(12)17)14-7-3-5(8(15)16)6(11)4-13-7/h3-4H,11H2,1-2H3,(H2,12,17)(H,13,14)(H,15,16). The number of amides is 1. The number of aromatic nitrogens is 1. The number of hydrogen-bond acceptors (Lipinski definition) is 5. The van der Waals surface area contributed by atoms with Gasteiger partial charge in [-0.25, -0.2) is 9.78 Å². The second-order valence-corrected chi connectivity index (χ2v) is 4.08. The molecule has 17 heavy (non-hydrogen) atoms. The molecule has 0 radical (unpaired) electrons.